The Labute approximate surface area is 172 Å². The zero-order chi connectivity index (χ0) is 18.2. The standard InChI is InChI=1S/C20H27N3O2.HI/c1-5-21-20(22-12-16-6-8-18(25-4)9-7-16)23-13-17-10-14(2)19(24)15(3)11-17;/h6-11,24H,5,12-13H2,1-4H3,(H2,21,22,23);1H. The minimum absolute atomic E-state index is 0. The van der Waals surface area contributed by atoms with E-state index in [4.69, 9.17) is 4.74 Å². The highest BCUT2D eigenvalue weighted by atomic mass is 127. The van der Waals surface area contributed by atoms with E-state index in [-0.39, 0.29) is 24.0 Å². The molecule has 0 unspecified atom stereocenters. The lowest BCUT2D eigenvalue weighted by Crippen LogP contribution is -2.36. The number of phenolic OH excluding ortho intramolecular Hbond substituents is 1. The van der Waals surface area contributed by atoms with Gasteiger partial charge >= 0.3 is 0 Å². The van der Waals surface area contributed by atoms with Gasteiger partial charge in [-0.2, -0.15) is 0 Å². The first-order valence-corrected chi connectivity index (χ1v) is 8.47. The lowest BCUT2D eigenvalue weighted by molar-refractivity contribution is 0.414. The van der Waals surface area contributed by atoms with E-state index in [9.17, 15) is 5.11 Å². The second-order valence-electron chi connectivity index (χ2n) is 5.98. The average molecular weight is 469 g/mol. The number of nitrogens with one attached hydrogen (secondary N) is 2. The highest BCUT2D eigenvalue weighted by Gasteiger charge is 2.04. The number of halogens is 1. The van der Waals surface area contributed by atoms with Gasteiger partial charge in [-0.25, -0.2) is 4.99 Å². The first-order chi connectivity index (χ1) is 12.0. The molecule has 0 aromatic heterocycles. The Balaban J connectivity index is 0.00000338. The third-order valence-electron chi connectivity index (χ3n) is 3.93. The molecule has 0 aliphatic heterocycles. The van der Waals surface area contributed by atoms with Crippen molar-refractivity contribution in [2.75, 3.05) is 13.7 Å². The summed E-state index contributed by atoms with van der Waals surface area (Å²) in [5, 5.41) is 16.5. The third kappa shape index (κ3) is 6.40. The summed E-state index contributed by atoms with van der Waals surface area (Å²) in [4.78, 5) is 4.63. The lowest BCUT2D eigenvalue weighted by Gasteiger charge is -2.12. The van der Waals surface area contributed by atoms with Gasteiger partial charge in [0.2, 0.25) is 0 Å². The van der Waals surface area contributed by atoms with Gasteiger partial charge in [0.1, 0.15) is 11.5 Å². The molecule has 2 rings (SSSR count). The minimum atomic E-state index is 0. The normalized spacial score (nSPS) is 10.8. The molecule has 0 saturated heterocycles. The second kappa shape index (κ2) is 10.9. The van der Waals surface area contributed by atoms with Gasteiger partial charge in [0.15, 0.2) is 5.96 Å². The summed E-state index contributed by atoms with van der Waals surface area (Å²) in [6.45, 7) is 7.89. The molecule has 0 spiro atoms. The Kier molecular flexibility index (Phi) is 9.26. The molecule has 0 heterocycles. The van der Waals surface area contributed by atoms with Gasteiger partial charge in [-0.05, 0) is 55.2 Å². The van der Waals surface area contributed by atoms with Gasteiger partial charge < -0.3 is 20.5 Å². The minimum Gasteiger partial charge on any atom is -0.507 e. The predicted octanol–water partition coefficient (Wildman–Crippen LogP) is 3.89. The number of hydrogen-bond donors (Lipinski definition) is 3. The van der Waals surface area contributed by atoms with Crippen molar-refractivity contribution in [3.63, 3.8) is 0 Å². The fourth-order valence-corrected chi connectivity index (χ4v) is 2.58. The van der Waals surface area contributed by atoms with E-state index >= 15 is 0 Å². The molecule has 26 heavy (non-hydrogen) atoms. The summed E-state index contributed by atoms with van der Waals surface area (Å²) in [5.74, 6) is 1.97. The Morgan fingerprint density at radius 3 is 2.19 bits per heavy atom. The maximum atomic E-state index is 9.87. The van der Waals surface area contributed by atoms with E-state index in [1.54, 1.807) is 7.11 Å². The average Bonchev–Trinajstić information content (AvgIpc) is 2.62. The van der Waals surface area contributed by atoms with Gasteiger partial charge in [-0.1, -0.05) is 24.3 Å². The van der Waals surface area contributed by atoms with Crippen LogP contribution in [0.15, 0.2) is 41.4 Å². The number of aliphatic imine (C=N–C) groups is 1. The van der Waals surface area contributed by atoms with Crippen LogP contribution in [0.4, 0.5) is 0 Å². The summed E-state index contributed by atoms with van der Waals surface area (Å²) in [6, 6.07) is 11.9. The molecule has 0 fully saturated rings. The fraction of sp³-hybridized carbons (Fsp3) is 0.350. The number of guanidine groups is 1. The highest BCUT2D eigenvalue weighted by Crippen LogP contribution is 2.23. The Hall–Kier alpha value is -1.96. The van der Waals surface area contributed by atoms with Crippen molar-refractivity contribution in [1.29, 1.82) is 0 Å². The predicted molar refractivity (Wildman–Crippen MR) is 118 cm³/mol. The third-order valence-corrected chi connectivity index (χ3v) is 3.93. The van der Waals surface area contributed by atoms with Gasteiger partial charge in [0.05, 0.1) is 13.7 Å². The van der Waals surface area contributed by atoms with Crippen LogP contribution in [0, 0.1) is 13.8 Å². The molecule has 5 nitrogen and oxygen atoms in total. The Morgan fingerprint density at radius 2 is 1.65 bits per heavy atom. The van der Waals surface area contributed by atoms with Gasteiger partial charge in [0.25, 0.3) is 0 Å². The molecule has 6 heteroatoms. The van der Waals surface area contributed by atoms with Crippen molar-refractivity contribution < 1.29 is 9.84 Å². The number of rotatable bonds is 6. The summed E-state index contributed by atoms with van der Waals surface area (Å²) in [7, 11) is 1.66. The van der Waals surface area contributed by atoms with Crippen molar-refractivity contribution in [1.82, 2.24) is 10.6 Å². The Bertz CT molecular complexity index is 707. The maximum Gasteiger partial charge on any atom is 0.191 e. The van der Waals surface area contributed by atoms with E-state index in [2.05, 4.69) is 15.6 Å². The quantitative estimate of drug-likeness (QED) is 0.341. The van der Waals surface area contributed by atoms with Crippen LogP contribution in [0.5, 0.6) is 11.5 Å². The van der Waals surface area contributed by atoms with Crippen molar-refractivity contribution in [2.24, 2.45) is 4.99 Å². The van der Waals surface area contributed by atoms with Crippen LogP contribution < -0.4 is 15.4 Å². The molecule has 2 aromatic carbocycles. The van der Waals surface area contributed by atoms with Crippen LogP contribution in [0.2, 0.25) is 0 Å². The number of methoxy groups -OCH3 is 1. The van der Waals surface area contributed by atoms with Crippen molar-refractivity contribution in [3.8, 4) is 11.5 Å². The van der Waals surface area contributed by atoms with Crippen LogP contribution in [-0.4, -0.2) is 24.7 Å². The van der Waals surface area contributed by atoms with Crippen LogP contribution in [-0.2, 0) is 13.1 Å². The van der Waals surface area contributed by atoms with Crippen molar-refractivity contribution >= 4 is 29.9 Å². The zero-order valence-corrected chi connectivity index (χ0v) is 18.1. The number of aromatic hydroxyl groups is 1. The molecule has 0 radical (unpaired) electrons. The van der Waals surface area contributed by atoms with E-state index in [0.717, 1.165) is 40.5 Å². The smallest absolute Gasteiger partial charge is 0.191 e. The number of hydrogen-bond acceptors (Lipinski definition) is 3. The molecular formula is C20H28IN3O2. The molecule has 0 aliphatic carbocycles. The summed E-state index contributed by atoms with van der Waals surface area (Å²) >= 11 is 0. The number of phenols is 1. The molecule has 2 aromatic rings. The van der Waals surface area contributed by atoms with Gasteiger partial charge in [-0.15, -0.1) is 24.0 Å². The van der Waals surface area contributed by atoms with Gasteiger partial charge in [-0.3, -0.25) is 0 Å². The maximum absolute atomic E-state index is 9.87. The van der Waals surface area contributed by atoms with Gasteiger partial charge in [0, 0.05) is 13.1 Å². The molecule has 0 amide bonds. The molecule has 0 atom stereocenters. The van der Waals surface area contributed by atoms with E-state index < -0.39 is 0 Å². The zero-order valence-electron chi connectivity index (χ0n) is 15.8. The lowest BCUT2D eigenvalue weighted by atomic mass is 10.1. The number of aryl methyl sites for hydroxylation is 2. The van der Waals surface area contributed by atoms with Crippen LogP contribution in [0.3, 0.4) is 0 Å². The van der Waals surface area contributed by atoms with Crippen LogP contribution in [0.1, 0.15) is 29.2 Å². The largest absolute Gasteiger partial charge is 0.507 e. The van der Waals surface area contributed by atoms with E-state index in [1.807, 2.05) is 57.2 Å². The monoisotopic (exact) mass is 469 g/mol. The fourth-order valence-electron chi connectivity index (χ4n) is 2.58. The first-order valence-electron chi connectivity index (χ1n) is 8.47. The Morgan fingerprint density at radius 1 is 1.04 bits per heavy atom. The van der Waals surface area contributed by atoms with Crippen LogP contribution >= 0.6 is 24.0 Å². The van der Waals surface area contributed by atoms with Crippen LogP contribution in [0.25, 0.3) is 0 Å². The topological polar surface area (TPSA) is 65.9 Å². The molecule has 142 valence electrons. The second-order valence-corrected chi connectivity index (χ2v) is 5.98. The van der Waals surface area contributed by atoms with Crippen molar-refractivity contribution in [2.45, 2.75) is 33.9 Å². The molecule has 3 N–H and O–H groups in total. The number of nitrogens with zero attached hydrogens (tertiary/aromatic N) is 1. The molecule has 0 bridgehead atoms. The van der Waals surface area contributed by atoms with Crippen molar-refractivity contribution in [3.05, 3.63) is 58.7 Å². The molecule has 0 aliphatic rings. The number of ether oxygens (including phenoxy) is 1. The highest BCUT2D eigenvalue weighted by molar-refractivity contribution is 14.0. The SMILES string of the molecule is CCNC(=NCc1cc(C)c(O)c(C)c1)NCc1ccc(OC)cc1.I. The first kappa shape index (κ1) is 22.1. The molecule has 0 saturated carbocycles. The molecular weight excluding hydrogens is 441 g/mol. The number of benzene rings is 2. The van der Waals surface area contributed by atoms with E-state index in [0.29, 0.717) is 18.8 Å². The summed E-state index contributed by atoms with van der Waals surface area (Å²) < 4.78 is 5.17. The van der Waals surface area contributed by atoms with E-state index in [1.165, 1.54) is 0 Å². The summed E-state index contributed by atoms with van der Waals surface area (Å²) in [5.41, 5.74) is 3.99. The summed E-state index contributed by atoms with van der Waals surface area (Å²) in [6.07, 6.45) is 0.